The smallest absolute Gasteiger partial charge is 0.191 e. The molecule has 0 aromatic heterocycles. The summed E-state index contributed by atoms with van der Waals surface area (Å²) in [5, 5.41) is 6.82. The molecule has 0 aliphatic carbocycles. The number of hydrogen-bond donors (Lipinski definition) is 2. The molecule has 1 saturated heterocycles. The van der Waals surface area contributed by atoms with Crippen molar-refractivity contribution in [1.29, 1.82) is 0 Å². The Balaban J connectivity index is 1.89. The topological polar surface area (TPSA) is 42.9 Å². The van der Waals surface area contributed by atoms with Gasteiger partial charge >= 0.3 is 0 Å². The summed E-state index contributed by atoms with van der Waals surface area (Å²) in [6.45, 7) is 15.3. The average molecular weight is 346 g/mol. The summed E-state index contributed by atoms with van der Waals surface area (Å²) in [7, 11) is 1.83. The van der Waals surface area contributed by atoms with Gasteiger partial charge in [0, 0.05) is 52.9 Å². The van der Waals surface area contributed by atoms with Gasteiger partial charge in [-0.3, -0.25) is 9.89 Å². The van der Waals surface area contributed by atoms with Gasteiger partial charge in [0.05, 0.1) is 0 Å². The van der Waals surface area contributed by atoms with E-state index in [1.54, 1.807) is 0 Å². The van der Waals surface area contributed by atoms with Gasteiger partial charge in [0.1, 0.15) is 0 Å². The number of benzene rings is 1. The summed E-state index contributed by atoms with van der Waals surface area (Å²) >= 11 is 0. The van der Waals surface area contributed by atoms with Gasteiger partial charge < -0.3 is 15.5 Å². The molecule has 1 aliphatic rings. The van der Waals surface area contributed by atoms with Crippen LogP contribution >= 0.6 is 0 Å². The Labute approximate surface area is 153 Å². The van der Waals surface area contributed by atoms with Crippen LogP contribution in [-0.2, 0) is 13.1 Å². The molecule has 1 heterocycles. The number of nitrogens with zero attached hydrogens (tertiary/aromatic N) is 3. The van der Waals surface area contributed by atoms with Crippen LogP contribution in [-0.4, -0.2) is 62.1 Å². The van der Waals surface area contributed by atoms with Crippen LogP contribution in [0.4, 0.5) is 0 Å². The highest BCUT2D eigenvalue weighted by molar-refractivity contribution is 5.79. The fourth-order valence-corrected chi connectivity index (χ4v) is 3.09. The van der Waals surface area contributed by atoms with Gasteiger partial charge in [-0.2, -0.15) is 0 Å². The largest absolute Gasteiger partial charge is 0.356 e. The van der Waals surface area contributed by atoms with Crippen molar-refractivity contribution in [2.45, 2.75) is 33.9 Å². The molecule has 0 saturated carbocycles. The molecular formula is C20H35N5. The fourth-order valence-electron chi connectivity index (χ4n) is 3.09. The van der Waals surface area contributed by atoms with Crippen molar-refractivity contribution in [2.75, 3.05) is 46.3 Å². The SMILES string of the molecule is CCN1CCN(Cc2ccccc2CNC(=NC)NCC(C)C)CC1. The van der Waals surface area contributed by atoms with Gasteiger partial charge in [0.15, 0.2) is 5.96 Å². The molecule has 2 N–H and O–H groups in total. The lowest BCUT2D eigenvalue weighted by molar-refractivity contribution is 0.131. The first kappa shape index (κ1) is 19.7. The molecule has 25 heavy (non-hydrogen) atoms. The van der Waals surface area contributed by atoms with Gasteiger partial charge in [0.25, 0.3) is 0 Å². The summed E-state index contributed by atoms with van der Waals surface area (Å²) in [6.07, 6.45) is 0. The van der Waals surface area contributed by atoms with Crippen LogP contribution in [0.25, 0.3) is 0 Å². The third-order valence-corrected chi connectivity index (χ3v) is 4.77. The minimum atomic E-state index is 0.604. The third kappa shape index (κ3) is 6.67. The van der Waals surface area contributed by atoms with E-state index in [-0.39, 0.29) is 0 Å². The number of piperazine rings is 1. The Bertz CT molecular complexity index is 533. The standard InChI is InChI=1S/C20H35N5/c1-5-24-10-12-25(13-11-24)16-19-9-7-6-8-18(19)15-23-20(21-4)22-14-17(2)3/h6-9,17H,5,10-16H2,1-4H3,(H2,21,22,23). The second-order valence-electron chi connectivity index (χ2n) is 7.18. The van der Waals surface area contributed by atoms with E-state index in [2.05, 4.69) is 70.5 Å². The van der Waals surface area contributed by atoms with Crippen molar-refractivity contribution in [3.05, 3.63) is 35.4 Å². The molecule has 1 aliphatic heterocycles. The van der Waals surface area contributed by atoms with Crippen LogP contribution in [0.15, 0.2) is 29.3 Å². The van der Waals surface area contributed by atoms with Crippen LogP contribution in [0.2, 0.25) is 0 Å². The molecule has 0 unspecified atom stereocenters. The van der Waals surface area contributed by atoms with E-state index in [9.17, 15) is 0 Å². The van der Waals surface area contributed by atoms with Crippen molar-refractivity contribution in [1.82, 2.24) is 20.4 Å². The normalized spacial score (nSPS) is 17.1. The monoisotopic (exact) mass is 345 g/mol. The second-order valence-corrected chi connectivity index (χ2v) is 7.18. The Kier molecular flexibility index (Phi) is 8.22. The average Bonchev–Trinajstić information content (AvgIpc) is 2.63. The molecule has 140 valence electrons. The summed E-state index contributed by atoms with van der Waals surface area (Å²) in [6, 6.07) is 8.75. The highest BCUT2D eigenvalue weighted by atomic mass is 15.3. The summed E-state index contributed by atoms with van der Waals surface area (Å²) in [5.74, 6) is 1.48. The predicted octanol–water partition coefficient (Wildman–Crippen LogP) is 2.15. The first-order valence-electron chi connectivity index (χ1n) is 9.58. The maximum absolute atomic E-state index is 4.32. The quantitative estimate of drug-likeness (QED) is 0.587. The number of likely N-dealkylation sites (N-methyl/N-ethyl adjacent to an activating group) is 1. The van der Waals surface area contributed by atoms with Gasteiger partial charge in [-0.1, -0.05) is 45.0 Å². The van der Waals surface area contributed by atoms with E-state index in [4.69, 9.17) is 0 Å². The highest BCUT2D eigenvalue weighted by Crippen LogP contribution is 2.13. The molecule has 2 rings (SSSR count). The number of guanidine groups is 1. The fraction of sp³-hybridized carbons (Fsp3) is 0.650. The van der Waals surface area contributed by atoms with Gasteiger partial charge in [-0.15, -0.1) is 0 Å². The summed E-state index contributed by atoms with van der Waals surface area (Å²) < 4.78 is 0. The lowest BCUT2D eigenvalue weighted by Gasteiger charge is -2.34. The van der Waals surface area contributed by atoms with Crippen LogP contribution in [0.1, 0.15) is 31.9 Å². The Morgan fingerprint density at radius 1 is 1.04 bits per heavy atom. The van der Waals surface area contributed by atoms with E-state index >= 15 is 0 Å². The Morgan fingerprint density at radius 3 is 2.28 bits per heavy atom. The van der Waals surface area contributed by atoms with Gasteiger partial charge in [0.2, 0.25) is 0 Å². The lowest BCUT2D eigenvalue weighted by Crippen LogP contribution is -2.45. The molecule has 5 nitrogen and oxygen atoms in total. The van der Waals surface area contributed by atoms with Crippen LogP contribution in [0, 0.1) is 5.92 Å². The zero-order valence-electron chi connectivity index (χ0n) is 16.4. The molecule has 0 atom stereocenters. The first-order chi connectivity index (χ1) is 12.1. The minimum absolute atomic E-state index is 0.604. The molecule has 0 bridgehead atoms. The molecule has 5 heteroatoms. The molecule has 0 amide bonds. The van der Waals surface area contributed by atoms with Gasteiger partial charge in [-0.05, 0) is 23.6 Å². The van der Waals surface area contributed by atoms with Crippen LogP contribution in [0.3, 0.4) is 0 Å². The molecule has 0 radical (unpaired) electrons. The van der Waals surface area contributed by atoms with E-state index < -0.39 is 0 Å². The number of rotatable bonds is 7. The van der Waals surface area contributed by atoms with Crippen molar-refractivity contribution in [3.8, 4) is 0 Å². The Morgan fingerprint density at radius 2 is 1.68 bits per heavy atom. The Hall–Kier alpha value is -1.59. The number of aliphatic imine (C=N–C) groups is 1. The highest BCUT2D eigenvalue weighted by Gasteiger charge is 2.16. The second kappa shape index (κ2) is 10.4. The number of hydrogen-bond acceptors (Lipinski definition) is 3. The molecule has 1 aromatic carbocycles. The van der Waals surface area contributed by atoms with Crippen molar-refractivity contribution >= 4 is 5.96 Å². The maximum atomic E-state index is 4.32. The lowest BCUT2D eigenvalue weighted by atomic mass is 10.1. The predicted molar refractivity (Wildman–Crippen MR) is 107 cm³/mol. The summed E-state index contributed by atoms with van der Waals surface area (Å²) in [5.41, 5.74) is 2.77. The molecule has 1 aromatic rings. The van der Waals surface area contributed by atoms with Crippen molar-refractivity contribution < 1.29 is 0 Å². The van der Waals surface area contributed by atoms with Gasteiger partial charge in [-0.25, -0.2) is 0 Å². The number of nitrogens with one attached hydrogen (secondary N) is 2. The first-order valence-corrected chi connectivity index (χ1v) is 9.58. The third-order valence-electron chi connectivity index (χ3n) is 4.77. The molecule has 1 fully saturated rings. The van der Waals surface area contributed by atoms with Crippen molar-refractivity contribution in [2.24, 2.45) is 10.9 Å². The van der Waals surface area contributed by atoms with E-state index in [0.29, 0.717) is 5.92 Å². The molecule has 0 spiro atoms. The van der Waals surface area contributed by atoms with Crippen molar-refractivity contribution in [3.63, 3.8) is 0 Å². The summed E-state index contributed by atoms with van der Waals surface area (Å²) in [4.78, 5) is 9.41. The zero-order valence-corrected chi connectivity index (χ0v) is 16.4. The zero-order chi connectivity index (χ0) is 18.1. The van der Waals surface area contributed by atoms with E-state index in [1.165, 1.54) is 24.2 Å². The van der Waals surface area contributed by atoms with Crippen LogP contribution < -0.4 is 10.6 Å². The molecular weight excluding hydrogens is 310 g/mol. The minimum Gasteiger partial charge on any atom is -0.356 e. The van der Waals surface area contributed by atoms with E-state index in [1.807, 2.05) is 7.05 Å². The maximum Gasteiger partial charge on any atom is 0.191 e. The van der Waals surface area contributed by atoms with Crippen LogP contribution in [0.5, 0.6) is 0 Å². The van der Waals surface area contributed by atoms with E-state index in [0.717, 1.165) is 45.2 Å².